The monoisotopic (exact) mass is 372 g/mol. The number of benzene rings is 3. The van der Waals surface area contributed by atoms with Crippen LogP contribution in [-0.2, 0) is 10.3 Å². The summed E-state index contributed by atoms with van der Waals surface area (Å²) in [6.45, 7) is 3.55. The van der Waals surface area contributed by atoms with Gasteiger partial charge in [-0.15, -0.1) is 0 Å². The van der Waals surface area contributed by atoms with E-state index in [0.717, 1.165) is 19.6 Å². The van der Waals surface area contributed by atoms with Gasteiger partial charge in [-0.25, -0.2) is 0 Å². The molecule has 1 aliphatic rings. The van der Waals surface area contributed by atoms with Gasteiger partial charge < -0.3 is 10.1 Å². The van der Waals surface area contributed by atoms with Gasteiger partial charge in [0.25, 0.3) is 0 Å². The summed E-state index contributed by atoms with van der Waals surface area (Å²) < 4.78 is 5.47. The minimum atomic E-state index is -0.335. The molecule has 144 valence electrons. The Morgan fingerprint density at radius 2 is 1.29 bits per heavy atom. The van der Waals surface area contributed by atoms with Crippen LogP contribution in [0.3, 0.4) is 0 Å². The molecular weight excluding hydrogens is 344 g/mol. The molecule has 3 aromatic rings. The van der Waals surface area contributed by atoms with Crippen molar-refractivity contribution in [3.63, 3.8) is 0 Å². The van der Waals surface area contributed by atoms with Crippen molar-refractivity contribution in [2.75, 3.05) is 33.4 Å². The van der Waals surface area contributed by atoms with Crippen LogP contribution in [-0.4, -0.2) is 44.3 Å². The fourth-order valence-corrected chi connectivity index (χ4v) is 4.53. The number of hydrogen-bond acceptors (Lipinski definition) is 3. The van der Waals surface area contributed by atoms with Crippen LogP contribution in [0.4, 0.5) is 0 Å². The van der Waals surface area contributed by atoms with Crippen molar-refractivity contribution in [3.05, 3.63) is 108 Å². The zero-order valence-electron chi connectivity index (χ0n) is 16.4. The van der Waals surface area contributed by atoms with Gasteiger partial charge in [0.2, 0.25) is 0 Å². The molecule has 0 radical (unpaired) electrons. The lowest BCUT2D eigenvalue weighted by molar-refractivity contribution is 0.0735. The van der Waals surface area contributed by atoms with Crippen molar-refractivity contribution < 1.29 is 4.74 Å². The first-order valence-electron chi connectivity index (χ1n) is 9.99. The smallest absolute Gasteiger partial charge is 0.0973 e. The Bertz CT molecular complexity index is 753. The van der Waals surface area contributed by atoms with Gasteiger partial charge in [-0.2, -0.15) is 0 Å². The summed E-state index contributed by atoms with van der Waals surface area (Å²) in [5.74, 6) is 0. The lowest BCUT2D eigenvalue weighted by Gasteiger charge is -2.49. The number of rotatable bonds is 6. The lowest BCUT2D eigenvalue weighted by atomic mass is 9.75. The quantitative estimate of drug-likeness (QED) is 0.664. The molecule has 0 saturated carbocycles. The Hall–Kier alpha value is -2.46. The molecule has 1 atom stereocenters. The van der Waals surface area contributed by atoms with Crippen molar-refractivity contribution in [1.82, 2.24) is 10.2 Å². The van der Waals surface area contributed by atoms with Gasteiger partial charge in [-0.05, 0) is 16.7 Å². The van der Waals surface area contributed by atoms with E-state index >= 15 is 0 Å². The summed E-state index contributed by atoms with van der Waals surface area (Å²) in [6.07, 6.45) is 0. The molecule has 3 heteroatoms. The van der Waals surface area contributed by atoms with E-state index in [9.17, 15) is 0 Å². The minimum absolute atomic E-state index is 0.314. The highest BCUT2D eigenvalue weighted by Crippen LogP contribution is 2.42. The Morgan fingerprint density at radius 1 is 0.821 bits per heavy atom. The van der Waals surface area contributed by atoms with Gasteiger partial charge in [-0.3, -0.25) is 4.90 Å². The molecule has 28 heavy (non-hydrogen) atoms. The van der Waals surface area contributed by atoms with E-state index in [1.165, 1.54) is 16.7 Å². The van der Waals surface area contributed by atoms with E-state index in [0.29, 0.717) is 12.6 Å². The average Bonchev–Trinajstić information content (AvgIpc) is 2.77. The average molecular weight is 373 g/mol. The van der Waals surface area contributed by atoms with Gasteiger partial charge in [-0.1, -0.05) is 91.0 Å². The van der Waals surface area contributed by atoms with Crippen molar-refractivity contribution in [3.8, 4) is 0 Å². The largest absolute Gasteiger partial charge is 0.383 e. The molecule has 0 bridgehead atoms. The van der Waals surface area contributed by atoms with Crippen LogP contribution in [0.5, 0.6) is 0 Å². The van der Waals surface area contributed by atoms with Crippen molar-refractivity contribution in [2.45, 2.75) is 11.6 Å². The molecule has 1 N–H and O–H groups in total. The first-order valence-corrected chi connectivity index (χ1v) is 9.99. The number of nitrogens with zero attached hydrogens (tertiary/aromatic N) is 1. The van der Waals surface area contributed by atoms with Crippen LogP contribution in [0, 0.1) is 0 Å². The molecule has 1 heterocycles. The van der Waals surface area contributed by atoms with E-state index in [1.54, 1.807) is 7.11 Å². The fourth-order valence-electron chi connectivity index (χ4n) is 4.53. The van der Waals surface area contributed by atoms with E-state index in [1.807, 2.05) is 0 Å². The van der Waals surface area contributed by atoms with Crippen LogP contribution in [0.15, 0.2) is 91.0 Å². The maximum absolute atomic E-state index is 5.47. The third kappa shape index (κ3) is 3.49. The number of piperazine rings is 1. The molecule has 0 amide bonds. The third-order valence-electron chi connectivity index (χ3n) is 5.67. The molecule has 0 aromatic heterocycles. The molecule has 3 aromatic carbocycles. The highest BCUT2D eigenvalue weighted by Gasteiger charge is 2.43. The second-order valence-electron chi connectivity index (χ2n) is 7.36. The summed E-state index contributed by atoms with van der Waals surface area (Å²) in [7, 11) is 1.78. The summed E-state index contributed by atoms with van der Waals surface area (Å²) in [6, 6.07) is 33.0. The van der Waals surface area contributed by atoms with Crippen molar-refractivity contribution in [2.24, 2.45) is 0 Å². The molecule has 1 saturated heterocycles. The van der Waals surface area contributed by atoms with E-state index in [4.69, 9.17) is 4.74 Å². The molecule has 1 fully saturated rings. The maximum atomic E-state index is 5.47. The highest BCUT2D eigenvalue weighted by molar-refractivity contribution is 5.49. The summed E-state index contributed by atoms with van der Waals surface area (Å²) in [5, 5.41) is 3.61. The Balaban J connectivity index is 1.93. The van der Waals surface area contributed by atoms with E-state index in [2.05, 4.69) is 101 Å². The minimum Gasteiger partial charge on any atom is -0.383 e. The first kappa shape index (κ1) is 18.9. The zero-order valence-corrected chi connectivity index (χ0v) is 16.4. The third-order valence-corrected chi connectivity index (χ3v) is 5.67. The first-order chi connectivity index (χ1) is 13.9. The summed E-state index contributed by atoms with van der Waals surface area (Å²) >= 11 is 0. The van der Waals surface area contributed by atoms with Crippen LogP contribution in [0.2, 0.25) is 0 Å². The van der Waals surface area contributed by atoms with Crippen molar-refractivity contribution >= 4 is 0 Å². The van der Waals surface area contributed by atoms with E-state index in [-0.39, 0.29) is 5.54 Å². The highest BCUT2D eigenvalue weighted by atomic mass is 16.5. The van der Waals surface area contributed by atoms with Gasteiger partial charge in [0.15, 0.2) is 0 Å². The molecule has 1 aliphatic heterocycles. The number of methoxy groups -OCH3 is 1. The molecule has 0 spiro atoms. The second kappa shape index (κ2) is 8.70. The second-order valence-corrected chi connectivity index (χ2v) is 7.36. The maximum Gasteiger partial charge on any atom is 0.0973 e. The van der Waals surface area contributed by atoms with Crippen LogP contribution in [0.1, 0.15) is 16.7 Å². The number of nitrogens with one attached hydrogen (secondary N) is 1. The van der Waals surface area contributed by atoms with Gasteiger partial charge in [0.1, 0.15) is 0 Å². The van der Waals surface area contributed by atoms with Gasteiger partial charge in [0, 0.05) is 32.8 Å². The zero-order chi connectivity index (χ0) is 19.2. The molecular formula is C25H28N2O. The summed E-state index contributed by atoms with van der Waals surface area (Å²) in [5.41, 5.74) is 3.55. The predicted octanol–water partition coefficient (Wildman–Crippen LogP) is 3.90. The standard InChI is InChI=1S/C25H28N2O/c1-28-20-24-19-27(18-17-26-24)25(21-11-5-2-6-12-21,22-13-7-3-8-14-22)23-15-9-4-10-16-23/h2-16,24,26H,17-20H2,1H3. The van der Waals surface area contributed by atoms with Crippen LogP contribution in [0.25, 0.3) is 0 Å². The van der Waals surface area contributed by atoms with Crippen LogP contribution >= 0.6 is 0 Å². The van der Waals surface area contributed by atoms with Gasteiger partial charge >= 0.3 is 0 Å². The number of hydrogen-bond donors (Lipinski definition) is 1. The topological polar surface area (TPSA) is 24.5 Å². The molecule has 1 unspecified atom stereocenters. The summed E-state index contributed by atoms with van der Waals surface area (Å²) in [4.78, 5) is 2.62. The molecule has 3 nitrogen and oxygen atoms in total. The normalized spacial score (nSPS) is 18.1. The van der Waals surface area contributed by atoms with Crippen LogP contribution < -0.4 is 5.32 Å². The van der Waals surface area contributed by atoms with Crippen molar-refractivity contribution in [1.29, 1.82) is 0 Å². The lowest BCUT2D eigenvalue weighted by Crippen LogP contribution is -2.60. The number of ether oxygens (including phenoxy) is 1. The predicted molar refractivity (Wildman–Crippen MR) is 114 cm³/mol. The molecule has 0 aliphatic carbocycles. The van der Waals surface area contributed by atoms with Gasteiger partial charge in [0.05, 0.1) is 12.1 Å². The Labute approximate surface area is 168 Å². The Morgan fingerprint density at radius 3 is 1.71 bits per heavy atom. The SMILES string of the molecule is COCC1CN(C(c2ccccc2)(c2ccccc2)c2ccccc2)CCN1. The molecule has 4 rings (SSSR count). The Kier molecular flexibility index (Phi) is 5.87. The fraction of sp³-hybridized carbons (Fsp3) is 0.280. The van der Waals surface area contributed by atoms with E-state index < -0.39 is 0 Å².